The van der Waals surface area contributed by atoms with Crippen molar-refractivity contribution in [1.29, 1.82) is 0 Å². The Labute approximate surface area is 111 Å². The highest BCUT2D eigenvalue weighted by atomic mass is 16.4. The Morgan fingerprint density at radius 1 is 0.789 bits per heavy atom. The van der Waals surface area contributed by atoms with Gasteiger partial charge in [-0.3, -0.25) is 9.59 Å². The van der Waals surface area contributed by atoms with E-state index in [1.165, 1.54) is 0 Å². The number of hydrogen-bond acceptors (Lipinski definition) is 2. The molecule has 4 heteroatoms. The van der Waals surface area contributed by atoms with Gasteiger partial charge in [0.15, 0.2) is 5.78 Å². The van der Waals surface area contributed by atoms with E-state index in [-0.39, 0.29) is 11.3 Å². The third-order valence-electron chi connectivity index (χ3n) is 2.07. The van der Waals surface area contributed by atoms with Gasteiger partial charge in [-0.15, -0.1) is 0 Å². The van der Waals surface area contributed by atoms with Gasteiger partial charge in [-0.2, -0.15) is 0 Å². The summed E-state index contributed by atoms with van der Waals surface area (Å²) < 4.78 is 0. The second-order valence-electron chi connectivity index (χ2n) is 3.58. The van der Waals surface area contributed by atoms with Gasteiger partial charge >= 0.3 is 0 Å². The first-order valence-corrected chi connectivity index (χ1v) is 5.45. The van der Waals surface area contributed by atoms with Crippen molar-refractivity contribution < 1.29 is 20.2 Å². The SMILES string of the molecule is CC(=O)O.O.O=C(c1ccccc1)c1ccccc1. The van der Waals surface area contributed by atoms with Crippen LogP contribution in [0.25, 0.3) is 0 Å². The average molecular weight is 260 g/mol. The van der Waals surface area contributed by atoms with Crippen LogP contribution in [0.2, 0.25) is 0 Å². The maximum absolute atomic E-state index is 11.8. The van der Waals surface area contributed by atoms with E-state index in [2.05, 4.69) is 0 Å². The lowest BCUT2D eigenvalue weighted by Gasteiger charge is -1.99. The first-order chi connectivity index (χ1) is 8.61. The molecular formula is C15H16O4. The van der Waals surface area contributed by atoms with Crippen LogP contribution in [0.4, 0.5) is 0 Å². The smallest absolute Gasteiger partial charge is 0.300 e. The molecule has 0 unspecified atom stereocenters. The highest BCUT2D eigenvalue weighted by molar-refractivity contribution is 6.08. The van der Waals surface area contributed by atoms with Gasteiger partial charge in [0.1, 0.15) is 0 Å². The number of carbonyl (C=O) groups excluding carboxylic acids is 1. The van der Waals surface area contributed by atoms with Gasteiger partial charge in [-0.1, -0.05) is 60.7 Å². The van der Waals surface area contributed by atoms with Gasteiger partial charge in [0, 0.05) is 18.1 Å². The van der Waals surface area contributed by atoms with Crippen LogP contribution >= 0.6 is 0 Å². The number of carboxylic acids is 1. The van der Waals surface area contributed by atoms with Crippen molar-refractivity contribution in [2.75, 3.05) is 0 Å². The molecule has 0 saturated carbocycles. The van der Waals surface area contributed by atoms with Crippen LogP contribution in [0.1, 0.15) is 22.8 Å². The lowest BCUT2D eigenvalue weighted by Crippen LogP contribution is -1.99. The summed E-state index contributed by atoms with van der Waals surface area (Å²) in [6.45, 7) is 1.08. The number of benzene rings is 2. The highest BCUT2D eigenvalue weighted by Gasteiger charge is 2.06. The molecular weight excluding hydrogens is 244 g/mol. The minimum atomic E-state index is -0.833. The van der Waals surface area contributed by atoms with Gasteiger partial charge in [0.05, 0.1) is 0 Å². The van der Waals surface area contributed by atoms with Crippen molar-refractivity contribution in [3.63, 3.8) is 0 Å². The van der Waals surface area contributed by atoms with E-state index < -0.39 is 5.97 Å². The van der Waals surface area contributed by atoms with Gasteiger partial charge in [-0.05, 0) is 0 Å². The number of aliphatic carboxylic acids is 1. The average Bonchev–Trinajstić information content (AvgIpc) is 2.39. The van der Waals surface area contributed by atoms with Crippen molar-refractivity contribution in [2.24, 2.45) is 0 Å². The summed E-state index contributed by atoms with van der Waals surface area (Å²) in [6, 6.07) is 18.6. The summed E-state index contributed by atoms with van der Waals surface area (Å²) in [5.41, 5.74) is 1.47. The number of carboxylic acid groups (broad SMARTS) is 1. The van der Waals surface area contributed by atoms with E-state index in [4.69, 9.17) is 9.90 Å². The molecule has 0 aliphatic heterocycles. The molecule has 0 heterocycles. The van der Waals surface area contributed by atoms with E-state index in [9.17, 15) is 4.79 Å². The summed E-state index contributed by atoms with van der Waals surface area (Å²) in [4.78, 5) is 20.8. The molecule has 0 aliphatic carbocycles. The zero-order valence-electron chi connectivity index (χ0n) is 10.5. The van der Waals surface area contributed by atoms with Crippen LogP contribution in [0.5, 0.6) is 0 Å². The summed E-state index contributed by atoms with van der Waals surface area (Å²) in [5.74, 6) is -0.758. The van der Waals surface area contributed by atoms with Gasteiger partial charge in [-0.25, -0.2) is 0 Å². The van der Waals surface area contributed by atoms with Gasteiger partial charge < -0.3 is 10.6 Å². The van der Waals surface area contributed by atoms with Crippen molar-refractivity contribution in [3.8, 4) is 0 Å². The third kappa shape index (κ3) is 6.14. The zero-order valence-corrected chi connectivity index (χ0v) is 10.5. The second-order valence-corrected chi connectivity index (χ2v) is 3.58. The minimum Gasteiger partial charge on any atom is -0.481 e. The molecule has 0 amide bonds. The first-order valence-electron chi connectivity index (χ1n) is 5.45. The van der Waals surface area contributed by atoms with E-state index >= 15 is 0 Å². The molecule has 100 valence electrons. The van der Waals surface area contributed by atoms with Crippen LogP contribution in [0, 0.1) is 0 Å². The fourth-order valence-corrected chi connectivity index (χ4v) is 1.35. The number of rotatable bonds is 2. The maximum Gasteiger partial charge on any atom is 0.300 e. The Bertz CT molecular complexity index is 461. The molecule has 2 aromatic carbocycles. The summed E-state index contributed by atoms with van der Waals surface area (Å²) in [6.07, 6.45) is 0. The van der Waals surface area contributed by atoms with Crippen LogP contribution in [-0.2, 0) is 4.79 Å². The topological polar surface area (TPSA) is 85.9 Å². The number of ketones is 1. The van der Waals surface area contributed by atoms with Crippen molar-refractivity contribution in [3.05, 3.63) is 71.8 Å². The van der Waals surface area contributed by atoms with Crippen LogP contribution in [0.3, 0.4) is 0 Å². The quantitative estimate of drug-likeness (QED) is 0.840. The Balaban J connectivity index is 0.000000576. The van der Waals surface area contributed by atoms with E-state index in [1.54, 1.807) is 0 Å². The van der Waals surface area contributed by atoms with Crippen LogP contribution < -0.4 is 0 Å². The van der Waals surface area contributed by atoms with Crippen LogP contribution in [0.15, 0.2) is 60.7 Å². The number of carbonyl (C=O) groups is 2. The maximum atomic E-state index is 11.8. The van der Waals surface area contributed by atoms with Gasteiger partial charge in [0.25, 0.3) is 5.97 Å². The monoisotopic (exact) mass is 260 g/mol. The summed E-state index contributed by atoms with van der Waals surface area (Å²) in [5, 5.41) is 7.42. The Morgan fingerprint density at radius 3 is 1.32 bits per heavy atom. The molecule has 0 radical (unpaired) electrons. The molecule has 3 N–H and O–H groups in total. The van der Waals surface area contributed by atoms with Crippen LogP contribution in [-0.4, -0.2) is 22.3 Å². The molecule has 0 spiro atoms. The van der Waals surface area contributed by atoms with E-state index in [0.717, 1.165) is 18.1 Å². The largest absolute Gasteiger partial charge is 0.481 e. The molecule has 4 nitrogen and oxygen atoms in total. The fourth-order valence-electron chi connectivity index (χ4n) is 1.35. The standard InChI is InChI=1S/C13H10O.C2H4O2.H2O/c14-13(11-7-3-1-4-8-11)12-9-5-2-6-10-12;1-2(3)4;/h1-10H;1H3,(H,3,4);1H2. The van der Waals surface area contributed by atoms with E-state index in [1.807, 2.05) is 60.7 Å². The number of hydrogen-bond donors (Lipinski definition) is 1. The molecule has 0 bridgehead atoms. The summed E-state index contributed by atoms with van der Waals surface area (Å²) >= 11 is 0. The Morgan fingerprint density at radius 2 is 1.05 bits per heavy atom. The lowest BCUT2D eigenvalue weighted by atomic mass is 10.0. The van der Waals surface area contributed by atoms with Crippen molar-refractivity contribution in [1.82, 2.24) is 0 Å². The molecule has 2 rings (SSSR count). The molecule has 2 aromatic rings. The fraction of sp³-hybridized carbons (Fsp3) is 0.0667. The molecule has 0 aliphatic rings. The Kier molecular flexibility index (Phi) is 7.49. The van der Waals surface area contributed by atoms with Crippen molar-refractivity contribution in [2.45, 2.75) is 6.92 Å². The molecule has 0 fully saturated rings. The van der Waals surface area contributed by atoms with Crippen molar-refractivity contribution >= 4 is 11.8 Å². The molecule has 0 aromatic heterocycles. The molecule has 19 heavy (non-hydrogen) atoms. The first kappa shape index (κ1) is 16.5. The molecule has 0 saturated heterocycles. The van der Waals surface area contributed by atoms with E-state index in [0.29, 0.717) is 0 Å². The second kappa shape index (κ2) is 8.60. The highest BCUT2D eigenvalue weighted by Crippen LogP contribution is 2.08. The minimum absolute atomic E-state index is 0. The zero-order chi connectivity index (χ0) is 13.4. The Hall–Kier alpha value is -2.46. The normalized spacial score (nSPS) is 8.47. The molecule has 0 atom stereocenters. The van der Waals surface area contributed by atoms with Gasteiger partial charge in [0.2, 0.25) is 0 Å². The lowest BCUT2D eigenvalue weighted by molar-refractivity contribution is -0.134. The predicted molar refractivity (Wildman–Crippen MR) is 73.2 cm³/mol. The summed E-state index contributed by atoms with van der Waals surface area (Å²) in [7, 11) is 0. The third-order valence-corrected chi connectivity index (χ3v) is 2.07. The predicted octanol–water partition coefficient (Wildman–Crippen LogP) is 2.18.